The number of hydrogen-bond donors (Lipinski definition) is 1. The van der Waals surface area contributed by atoms with Crippen LogP contribution < -0.4 is 0 Å². The summed E-state index contributed by atoms with van der Waals surface area (Å²) in [6, 6.07) is 4.22. The van der Waals surface area contributed by atoms with E-state index in [4.69, 9.17) is 5.11 Å². The molecule has 1 aromatic carbocycles. The zero-order chi connectivity index (χ0) is 10.8. The van der Waals surface area contributed by atoms with Gasteiger partial charge in [-0.15, -0.1) is 0 Å². The summed E-state index contributed by atoms with van der Waals surface area (Å²) < 4.78 is 15.3. The number of benzene rings is 1. The maximum absolute atomic E-state index is 12.9. The van der Waals surface area contributed by atoms with Gasteiger partial charge in [-0.3, -0.25) is 0 Å². The van der Waals surface area contributed by atoms with Gasteiger partial charge in [0.25, 0.3) is 0 Å². The maximum atomic E-state index is 12.9. The first-order chi connectivity index (χ1) is 7.20. The summed E-state index contributed by atoms with van der Waals surface area (Å²) in [5, 5.41) is 13.2. The summed E-state index contributed by atoms with van der Waals surface area (Å²) in [7, 11) is 0. The van der Waals surface area contributed by atoms with Gasteiger partial charge in [0.05, 0.1) is 23.0 Å². The molecule has 0 bridgehead atoms. The van der Waals surface area contributed by atoms with Crippen molar-refractivity contribution in [1.29, 1.82) is 0 Å². The number of nitrogens with zero attached hydrogens (tertiary/aromatic N) is 2. The molecular weight excluding hydrogens is 263 g/mol. The lowest BCUT2D eigenvalue weighted by atomic mass is 10.2. The number of aliphatic hydroxyl groups is 1. The van der Waals surface area contributed by atoms with Crippen molar-refractivity contribution in [1.82, 2.24) is 9.78 Å². The molecule has 3 nitrogen and oxygen atoms in total. The molecule has 0 unspecified atom stereocenters. The second-order valence-corrected chi connectivity index (χ2v) is 3.95. The van der Waals surface area contributed by atoms with E-state index in [9.17, 15) is 4.39 Å². The van der Waals surface area contributed by atoms with Crippen molar-refractivity contribution in [3.63, 3.8) is 0 Å². The highest BCUT2D eigenvalue weighted by Crippen LogP contribution is 2.17. The third-order valence-electron chi connectivity index (χ3n) is 2.01. The van der Waals surface area contributed by atoms with E-state index >= 15 is 0 Å². The average molecular weight is 271 g/mol. The molecule has 2 rings (SSSR count). The molecular formula is C10H8BrFN2O. The van der Waals surface area contributed by atoms with E-state index in [0.717, 1.165) is 4.47 Å². The van der Waals surface area contributed by atoms with Crippen molar-refractivity contribution in [2.24, 2.45) is 0 Å². The molecule has 0 spiro atoms. The lowest BCUT2D eigenvalue weighted by Crippen LogP contribution is -2.00. The van der Waals surface area contributed by atoms with E-state index in [0.29, 0.717) is 11.3 Å². The Morgan fingerprint density at radius 2 is 2.27 bits per heavy atom. The van der Waals surface area contributed by atoms with E-state index in [2.05, 4.69) is 21.0 Å². The Labute approximate surface area is 94.3 Å². The van der Waals surface area contributed by atoms with Crippen molar-refractivity contribution >= 4 is 15.9 Å². The minimum atomic E-state index is -0.367. The Bertz CT molecular complexity index is 484. The van der Waals surface area contributed by atoms with Crippen molar-refractivity contribution in [3.8, 4) is 5.69 Å². The molecule has 0 saturated carbocycles. The van der Waals surface area contributed by atoms with Crippen LogP contribution in [0.4, 0.5) is 4.39 Å². The van der Waals surface area contributed by atoms with Gasteiger partial charge in [-0.25, -0.2) is 9.07 Å². The van der Waals surface area contributed by atoms with Gasteiger partial charge in [0.2, 0.25) is 0 Å². The highest BCUT2D eigenvalue weighted by molar-refractivity contribution is 9.10. The van der Waals surface area contributed by atoms with E-state index < -0.39 is 0 Å². The first kappa shape index (κ1) is 10.3. The molecule has 78 valence electrons. The van der Waals surface area contributed by atoms with Crippen molar-refractivity contribution in [2.75, 3.05) is 0 Å². The third kappa shape index (κ3) is 2.08. The molecule has 0 aliphatic heterocycles. The molecule has 1 aromatic heterocycles. The normalized spacial score (nSPS) is 10.6. The summed E-state index contributed by atoms with van der Waals surface area (Å²) in [4.78, 5) is 0. The second-order valence-electron chi connectivity index (χ2n) is 3.03. The molecule has 0 atom stereocenters. The molecule has 2 aromatic rings. The van der Waals surface area contributed by atoms with Crippen LogP contribution in [0.2, 0.25) is 0 Å². The lowest BCUT2D eigenvalue weighted by Gasteiger charge is -2.06. The summed E-state index contributed by atoms with van der Waals surface area (Å²) in [6.07, 6.45) is 3.37. The van der Waals surface area contributed by atoms with Crippen molar-refractivity contribution in [2.45, 2.75) is 6.61 Å². The molecule has 0 aliphatic rings. The monoisotopic (exact) mass is 270 g/mol. The van der Waals surface area contributed by atoms with E-state index in [1.807, 2.05) is 0 Å². The zero-order valence-corrected chi connectivity index (χ0v) is 9.28. The molecule has 0 saturated heterocycles. The van der Waals surface area contributed by atoms with Crippen molar-refractivity contribution in [3.05, 3.63) is 46.4 Å². The van der Waals surface area contributed by atoms with Crippen molar-refractivity contribution < 1.29 is 9.50 Å². The molecule has 1 N–H and O–H groups in total. The molecule has 0 amide bonds. The largest absolute Gasteiger partial charge is 0.392 e. The fourth-order valence-electron chi connectivity index (χ4n) is 1.34. The molecule has 0 radical (unpaired) electrons. The molecule has 5 heteroatoms. The minimum absolute atomic E-state index is 0.218. The number of aliphatic hydroxyl groups excluding tert-OH is 1. The average Bonchev–Trinajstić information content (AvgIpc) is 2.64. The number of rotatable bonds is 2. The van der Waals surface area contributed by atoms with Crippen LogP contribution in [0.25, 0.3) is 5.69 Å². The first-order valence-electron chi connectivity index (χ1n) is 4.30. The number of aromatic nitrogens is 2. The topological polar surface area (TPSA) is 38.0 Å². The van der Waals surface area contributed by atoms with Crippen LogP contribution in [0.1, 0.15) is 5.56 Å². The van der Waals surface area contributed by atoms with Crippen LogP contribution in [-0.4, -0.2) is 14.9 Å². The summed E-state index contributed by atoms with van der Waals surface area (Å²) in [6.45, 7) is -0.218. The zero-order valence-electron chi connectivity index (χ0n) is 7.69. The highest BCUT2D eigenvalue weighted by atomic mass is 79.9. The van der Waals surface area contributed by atoms with Gasteiger partial charge in [-0.05, 0) is 34.1 Å². The van der Waals surface area contributed by atoms with Crippen LogP contribution >= 0.6 is 15.9 Å². The SMILES string of the molecule is OCc1cc(F)ccc1-n1cc(Br)cn1. The number of hydrogen-bond acceptors (Lipinski definition) is 2. The maximum Gasteiger partial charge on any atom is 0.123 e. The van der Waals surface area contributed by atoms with Crippen LogP contribution in [0.15, 0.2) is 35.1 Å². The Balaban J connectivity index is 2.52. The van der Waals surface area contributed by atoms with E-state index in [-0.39, 0.29) is 12.4 Å². The Kier molecular flexibility index (Phi) is 2.83. The number of halogens is 2. The van der Waals surface area contributed by atoms with Gasteiger partial charge in [-0.1, -0.05) is 0 Å². The molecule has 15 heavy (non-hydrogen) atoms. The smallest absolute Gasteiger partial charge is 0.123 e. The summed E-state index contributed by atoms with van der Waals surface area (Å²) >= 11 is 3.27. The van der Waals surface area contributed by atoms with Crippen LogP contribution in [-0.2, 0) is 6.61 Å². The summed E-state index contributed by atoms with van der Waals surface area (Å²) in [5.41, 5.74) is 1.18. The highest BCUT2D eigenvalue weighted by Gasteiger charge is 2.06. The third-order valence-corrected chi connectivity index (χ3v) is 2.42. The molecule has 1 heterocycles. The fourth-order valence-corrected chi connectivity index (χ4v) is 1.62. The van der Waals surface area contributed by atoms with Gasteiger partial charge in [0.15, 0.2) is 0 Å². The van der Waals surface area contributed by atoms with Gasteiger partial charge >= 0.3 is 0 Å². The lowest BCUT2D eigenvalue weighted by molar-refractivity contribution is 0.280. The quantitative estimate of drug-likeness (QED) is 0.909. The van der Waals surface area contributed by atoms with Crippen LogP contribution in [0, 0.1) is 5.82 Å². The summed E-state index contributed by atoms with van der Waals surface area (Å²) in [5.74, 6) is -0.367. The Morgan fingerprint density at radius 1 is 1.47 bits per heavy atom. The second kappa shape index (κ2) is 4.12. The van der Waals surface area contributed by atoms with Crippen LogP contribution in [0.3, 0.4) is 0 Å². The predicted molar refractivity (Wildman–Crippen MR) is 57.1 cm³/mol. The predicted octanol–water partition coefficient (Wildman–Crippen LogP) is 2.27. The van der Waals surface area contributed by atoms with Gasteiger partial charge in [0.1, 0.15) is 5.82 Å². The van der Waals surface area contributed by atoms with Gasteiger partial charge < -0.3 is 5.11 Å². The van der Waals surface area contributed by atoms with Crippen LogP contribution in [0.5, 0.6) is 0 Å². The van der Waals surface area contributed by atoms with E-state index in [1.54, 1.807) is 23.1 Å². The molecule has 0 fully saturated rings. The minimum Gasteiger partial charge on any atom is -0.392 e. The Morgan fingerprint density at radius 3 is 2.87 bits per heavy atom. The first-order valence-corrected chi connectivity index (χ1v) is 5.10. The fraction of sp³-hybridized carbons (Fsp3) is 0.100. The standard InChI is InChI=1S/C10H8BrFN2O/c11-8-4-13-14(5-8)10-2-1-9(12)3-7(10)6-15/h1-5,15H,6H2. The van der Waals surface area contributed by atoms with E-state index in [1.165, 1.54) is 12.1 Å². The molecule has 0 aliphatic carbocycles. The van der Waals surface area contributed by atoms with Gasteiger partial charge in [0, 0.05) is 11.8 Å². The Hall–Kier alpha value is -1.20. The van der Waals surface area contributed by atoms with Gasteiger partial charge in [-0.2, -0.15) is 5.10 Å².